The largest absolute Gasteiger partial charge is 0.497 e. The van der Waals surface area contributed by atoms with Gasteiger partial charge in [-0.1, -0.05) is 12.1 Å². The Hall–Kier alpha value is -4.04. The molecule has 3 aromatic carbocycles. The SMILES string of the molecule is COc1ccc(C2C(=O)Nc3ccc(NC4CC4)cc3-c3nc4cc(N5C(C)(C)CC(N)CC5(C)C)ccc4n32)cc1. The maximum atomic E-state index is 14.0. The number of amides is 1. The number of hydrogen-bond donors (Lipinski definition) is 3. The molecule has 0 radical (unpaired) electrons. The van der Waals surface area contributed by atoms with Crippen LogP contribution in [0.3, 0.4) is 0 Å². The molecule has 2 aliphatic heterocycles. The second-order valence-electron chi connectivity index (χ2n) is 13.5. The number of carbonyl (C=O) groups is 1. The summed E-state index contributed by atoms with van der Waals surface area (Å²) in [6.45, 7) is 9.09. The van der Waals surface area contributed by atoms with Gasteiger partial charge in [-0.05, 0) is 107 Å². The smallest absolute Gasteiger partial charge is 0.252 e. The maximum absolute atomic E-state index is 14.0. The molecule has 1 amide bonds. The minimum Gasteiger partial charge on any atom is -0.497 e. The van der Waals surface area contributed by atoms with Gasteiger partial charge in [-0.25, -0.2) is 4.98 Å². The molecule has 2 fully saturated rings. The molecule has 1 aromatic heterocycles. The fraction of sp³-hybridized carbons (Fsp3) is 0.412. The van der Waals surface area contributed by atoms with E-state index in [0.717, 1.165) is 63.6 Å². The average molecular weight is 565 g/mol. The van der Waals surface area contributed by atoms with Gasteiger partial charge in [-0.3, -0.25) is 4.79 Å². The number of carbonyl (C=O) groups excluding carboxylic acids is 1. The Morgan fingerprint density at radius 1 is 0.976 bits per heavy atom. The third kappa shape index (κ3) is 4.49. The summed E-state index contributed by atoms with van der Waals surface area (Å²) in [6, 6.07) is 20.5. The van der Waals surface area contributed by atoms with Gasteiger partial charge in [-0.15, -0.1) is 0 Å². The van der Waals surface area contributed by atoms with Crippen molar-refractivity contribution in [2.24, 2.45) is 5.73 Å². The minimum absolute atomic E-state index is 0.0984. The van der Waals surface area contributed by atoms with Gasteiger partial charge in [0.1, 0.15) is 17.6 Å². The number of nitrogens with zero attached hydrogens (tertiary/aromatic N) is 3. The minimum atomic E-state index is -0.602. The summed E-state index contributed by atoms with van der Waals surface area (Å²) < 4.78 is 7.51. The number of nitrogens with two attached hydrogens (primary N) is 1. The normalized spacial score (nSPS) is 21.3. The number of ether oxygens (including phenoxy) is 1. The van der Waals surface area contributed by atoms with Crippen LogP contribution in [0.1, 0.15) is 65.0 Å². The molecule has 42 heavy (non-hydrogen) atoms. The molecular formula is C34H40N6O2. The van der Waals surface area contributed by atoms with Crippen LogP contribution < -0.4 is 26.0 Å². The standard InChI is InChI=1S/C34H40N6O2/c1-33(2)18-21(35)19-34(3,4)40(33)24-11-15-29-28(17-24)37-31-26-16-23(36-22-8-9-22)10-14-27(26)38-32(41)30(39(29)31)20-6-12-25(42-5)13-7-20/h6-7,10-17,21-22,30,36H,8-9,18-19,35H2,1-5H3,(H,38,41). The molecule has 1 aliphatic carbocycles. The summed E-state index contributed by atoms with van der Waals surface area (Å²) in [5.41, 5.74) is 12.8. The number of benzene rings is 3. The van der Waals surface area contributed by atoms with Crippen LogP contribution in [0, 0.1) is 0 Å². The molecule has 1 saturated heterocycles. The third-order valence-electron chi connectivity index (χ3n) is 9.07. The number of rotatable bonds is 5. The molecule has 8 nitrogen and oxygen atoms in total. The lowest BCUT2D eigenvalue weighted by molar-refractivity contribution is -0.118. The van der Waals surface area contributed by atoms with Crippen molar-refractivity contribution in [3.8, 4) is 17.1 Å². The Morgan fingerprint density at radius 2 is 1.69 bits per heavy atom. The number of imidazole rings is 1. The van der Waals surface area contributed by atoms with E-state index in [1.807, 2.05) is 36.4 Å². The summed E-state index contributed by atoms with van der Waals surface area (Å²) in [5.74, 6) is 1.42. The summed E-state index contributed by atoms with van der Waals surface area (Å²) >= 11 is 0. The number of nitrogens with one attached hydrogen (secondary N) is 2. The van der Waals surface area contributed by atoms with E-state index in [2.05, 4.69) is 72.1 Å². The zero-order valence-electron chi connectivity index (χ0n) is 25.1. The van der Waals surface area contributed by atoms with E-state index in [1.165, 1.54) is 12.8 Å². The molecule has 4 aromatic rings. The first-order chi connectivity index (χ1) is 20.0. The lowest BCUT2D eigenvalue weighted by Gasteiger charge is -2.56. The second kappa shape index (κ2) is 9.49. The van der Waals surface area contributed by atoms with Gasteiger partial charge in [0.15, 0.2) is 0 Å². The van der Waals surface area contributed by atoms with Crippen LogP contribution in [0.4, 0.5) is 17.1 Å². The lowest BCUT2D eigenvalue weighted by Crippen LogP contribution is -2.63. The number of hydrogen-bond acceptors (Lipinski definition) is 6. The Balaban J connectivity index is 1.42. The molecule has 1 atom stereocenters. The summed E-state index contributed by atoms with van der Waals surface area (Å²) in [6.07, 6.45) is 4.20. The van der Waals surface area contributed by atoms with Crippen LogP contribution in [0.15, 0.2) is 60.7 Å². The quantitative estimate of drug-likeness (QED) is 0.263. The van der Waals surface area contributed by atoms with Gasteiger partial charge in [0.05, 0.1) is 23.8 Å². The number of piperidine rings is 1. The molecule has 3 heterocycles. The van der Waals surface area contributed by atoms with Crippen LogP contribution in [-0.2, 0) is 4.79 Å². The molecule has 218 valence electrons. The van der Waals surface area contributed by atoms with E-state index >= 15 is 0 Å². The molecule has 1 saturated carbocycles. The van der Waals surface area contributed by atoms with Gasteiger partial charge in [0, 0.05) is 40.1 Å². The molecule has 0 bridgehead atoms. The zero-order chi connectivity index (χ0) is 29.4. The topological polar surface area (TPSA) is 97.4 Å². The molecule has 0 spiro atoms. The van der Waals surface area contributed by atoms with Crippen molar-refractivity contribution in [2.75, 3.05) is 22.6 Å². The van der Waals surface area contributed by atoms with Crippen molar-refractivity contribution < 1.29 is 9.53 Å². The van der Waals surface area contributed by atoms with E-state index in [4.69, 9.17) is 15.5 Å². The third-order valence-corrected chi connectivity index (χ3v) is 9.07. The Labute approximate surface area is 247 Å². The van der Waals surface area contributed by atoms with E-state index < -0.39 is 6.04 Å². The first-order valence-electron chi connectivity index (χ1n) is 15.0. The Kier molecular flexibility index (Phi) is 6.06. The van der Waals surface area contributed by atoms with Gasteiger partial charge in [0.25, 0.3) is 5.91 Å². The van der Waals surface area contributed by atoms with Crippen LogP contribution in [0.25, 0.3) is 22.4 Å². The van der Waals surface area contributed by atoms with Crippen LogP contribution in [0.5, 0.6) is 5.75 Å². The fourth-order valence-corrected chi connectivity index (χ4v) is 7.53. The average Bonchev–Trinajstić information content (AvgIpc) is 3.68. The van der Waals surface area contributed by atoms with Crippen molar-refractivity contribution in [2.45, 2.75) is 82.6 Å². The van der Waals surface area contributed by atoms with Gasteiger partial charge in [-0.2, -0.15) is 0 Å². The molecule has 4 N–H and O–H groups in total. The fourth-order valence-electron chi connectivity index (χ4n) is 7.53. The van der Waals surface area contributed by atoms with Crippen molar-refractivity contribution in [1.82, 2.24) is 9.55 Å². The summed E-state index contributed by atoms with van der Waals surface area (Å²) in [7, 11) is 1.65. The van der Waals surface area contributed by atoms with Crippen molar-refractivity contribution >= 4 is 34.0 Å². The highest BCUT2D eigenvalue weighted by Crippen LogP contribution is 2.45. The molecular weight excluding hydrogens is 524 g/mol. The van der Waals surface area contributed by atoms with Crippen molar-refractivity contribution in [3.63, 3.8) is 0 Å². The predicted molar refractivity (Wildman–Crippen MR) is 169 cm³/mol. The van der Waals surface area contributed by atoms with Crippen LogP contribution in [-0.4, -0.2) is 45.7 Å². The Morgan fingerprint density at radius 3 is 2.36 bits per heavy atom. The van der Waals surface area contributed by atoms with Crippen LogP contribution >= 0.6 is 0 Å². The molecule has 8 heteroatoms. The lowest BCUT2D eigenvalue weighted by atomic mass is 9.77. The number of anilines is 3. The molecule has 3 aliphatic rings. The number of aromatic nitrogens is 2. The zero-order valence-corrected chi connectivity index (χ0v) is 25.1. The predicted octanol–water partition coefficient (Wildman–Crippen LogP) is 6.31. The monoisotopic (exact) mass is 564 g/mol. The van der Waals surface area contributed by atoms with Gasteiger partial charge < -0.3 is 30.6 Å². The first-order valence-corrected chi connectivity index (χ1v) is 15.0. The van der Waals surface area contributed by atoms with E-state index in [-0.39, 0.29) is 23.0 Å². The highest BCUT2D eigenvalue weighted by molar-refractivity contribution is 6.03. The van der Waals surface area contributed by atoms with E-state index in [0.29, 0.717) is 6.04 Å². The first kappa shape index (κ1) is 26.8. The highest BCUT2D eigenvalue weighted by atomic mass is 16.5. The van der Waals surface area contributed by atoms with Crippen molar-refractivity contribution in [3.05, 3.63) is 66.2 Å². The highest BCUT2D eigenvalue weighted by Gasteiger charge is 2.44. The molecule has 1 unspecified atom stereocenters. The summed E-state index contributed by atoms with van der Waals surface area (Å²) in [4.78, 5) is 21.8. The van der Waals surface area contributed by atoms with Gasteiger partial charge >= 0.3 is 0 Å². The maximum Gasteiger partial charge on any atom is 0.252 e. The van der Waals surface area contributed by atoms with E-state index in [9.17, 15) is 4.79 Å². The number of fused-ring (bicyclic) bond motifs is 5. The second-order valence-corrected chi connectivity index (χ2v) is 13.5. The molecule has 7 rings (SSSR count). The van der Waals surface area contributed by atoms with Crippen LogP contribution in [0.2, 0.25) is 0 Å². The van der Waals surface area contributed by atoms with Gasteiger partial charge in [0.2, 0.25) is 0 Å². The van der Waals surface area contributed by atoms with Crippen molar-refractivity contribution in [1.29, 1.82) is 0 Å². The summed E-state index contributed by atoms with van der Waals surface area (Å²) in [5, 5.41) is 6.81. The number of methoxy groups -OCH3 is 1. The van der Waals surface area contributed by atoms with E-state index in [1.54, 1.807) is 7.11 Å². The Bertz CT molecular complexity index is 1670.